The molecule has 0 bridgehead atoms. The van der Waals surface area contributed by atoms with Gasteiger partial charge in [0.1, 0.15) is 4.90 Å². The Bertz CT molecular complexity index is 590. The summed E-state index contributed by atoms with van der Waals surface area (Å²) in [6.07, 6.45) is -5.93. The van der Waals surface area contributed by atoms with Crippen molar-refractivity contribution in [3.63, 3.8) is 0 Å². The van der Waals surface area contributed by atoms with Gasteiger partial charge in [0.25, 0.3) is 0 Å². The number of hydrogen-bond acceptors (Lipinski definition) is 3. The molecule has 0 unspecified atom stereocenters. The van der Waals surface area contributed by atoms with Gasteiger partial charge in [-0.05, 0) is 34.5 Å². The highest BCUT2D eigenvalue weighted by Crippen LogP contribution is 2.26. The van der Waals surface area contributed by atoms with Crippen molar-refractivity contribution in [2.24, 2.45) is 0 Å². The molecule has 1 rings (SSSR count). The molecular weight excluding hydrogens is 368 g/mol. The van der Waals surface area contributed by atoms with Gasteiger partial charge >= 0.3 is 6.18 Å². The molecule has 0 heterocycles. The number of rotatable bonds is 5. The minimum atomic E-state index is -4.36. The summed E-state index contributed by atoms with van der Waals surface area (Å²) < 4.78 is 74.7. The monoisotopic (exact) mass is 378 g/mol. The average molecular weight is 379 g/mol. The van der Waals surface area contributed by atoms with Crippen LogP contribution in [0.5, 0.6) is 0 Å². The van der Waals surface area contributed by atoms with E-state index in [9.17, 15) is 26.0 Å². The second-order valence-corrected chi connectivity index (χ2v) is 6.52. The van der Waals surface area contributed by atoms with Crippen LogP contribution in [0.15, 0.2) is 21.5 Å². The summed E-state index contributed by atoms with van der Waals surface area (Å²) in [6, 6.07) is 2.07. The number of halogens is 5. The predicted octanol–water partition coefficient (Wildman–Crippen LogP) is 2.79. The standard InChI is InChI=1S/C10H11BrF4N2O2S/c11-7-4-6(16)5-8(9(7)12)20(18,19)17-3-1-2-10(13,14)15/h4-5,17H,1-3,16H2. The molecule has 0 saturated heterocycles. The van der Waals surface area contributed by atoms with Gasteiger partial charge in [0.2, 0.25) is 10.0 Å². The van der Waals surface area contributed by atoms with E-state index in [1.807, 2.05) is 4.72 Å². The van der Waals surface area contributed by atoms with Crippen molar-refractivity contribution in [1.82, 2.24) is 4.72 Å². The summed E-state index contributed by atoms with van der Waals surface area (Å²) >= 11 is 2.80. The molecule has 1 aromatic carbocycles. The van der Waals surface area contributed by atoms with E-state index in [2.05, 4.69) is 15.9 Å². The number of benzene rings is 1. The summed E-state index contributed by atoms with van der Waals surface area (Å²) in [7, 11) is -4.26. The molecule has 0 aliphatic carbocycles. The van der Waals surface area contributed by atoms with E-state index in [4.69, 9.17) is 5.73 Å². The van der Waals surface area contributed by atoms with Crippen molar-refractivity contribution in [1.29, 1.82) is 0 Å². The predicted molar refractivity (Wildman–Crippen MR) is 69.0 cm³/mol. The van der Waals surface area contributed by atoms with Gasteiger partial charge in [-0.3, -0.25) is 0 Å². The number of nitrogens with two attached hydrogens (primary N) is 1. The lowest BCUT2D eigenvalue weighted by molar-refractivity contribution is -0.135. The lowest BCUT2D eigenvalue weighted by Crippen LogP contribution is -2.27. The Morgan fingerprint density at radius 3 is 2.45 bits per heavy atom. The van der Waals surface area contributed by atoms with Crippen LogP contribution in [0.4, 0.5) is 23.2 Å². The highest BCUT2D eigenvalue weighted by Gasteiger charge is 2.27. The number of hydrogen-bond donors (Lipinski definition) is 2. The number of sulfonamides is 1. The summed E-state index contributed by atoms with van der Waals surface area (Å²) in [5.74, 6) is -1.05. The molecule has 20 heavy (non-hydrogen) atoms. The molecule has 4 nitrogen and oxygen atoms in total. The number of alkyl halides is 3. The lowest BCUT2D eigenvalue weighted by Gasteiger charge is -2.10. The molecule has 3 N–H and O–H groups in total. The molecule has 0 atom stereocenters. The molecule has 10 heteroatoms. The maximum atomic E-state index is 13.7. The Kier molecular flexibility index (Phi) is 5.39. The van der Waals surface area contributed by atoms with E-state index >= 15 is 0 Å². The van der Waals surface area contributed by atoms with Crippen LogP contribution in [-0.2, 0) is 10.0 Å². The third-order valence-electron chi connectivity index (χ3n) is 2.24. The van der Waals surface area contributed by atoms with Gasteiger partial charge in [0.05, 0.1) is 4.47 Å². The Morgan fingerprint density at radius 2 is 1.90 bits per heavy atom. The molecule has 1 aromatic rings. The van der Waals surface area contributed by atoms with Gasteiger partial charge in [-0.2, -0.15) is 13.2 Å². The van der Waals surface area contributed by atoms with Crippen LogP contribution in [0.3, 0.4) is 0 Å². The van der Waals surface area contributed by atoms with Gasteiger partial charge < -0.3 is 5.73 Å². The van der Waals surface area contributed by atoms with Crippen LogP contribution < -0.4 is 10.5 Å². The maximum absolute atomic E-state index is 13.7. The Morgan fingerprint density at radius 1 is 1.30 bits per heavy atom. The fourth-order valence-electron chi connectivity index (χ4n) is 1.35. The molecule has 114 valence electrons. The van der Waals surface area contributed by atoms with Gasteiger partial charge in [0.15, 0.2) is 5.82 Å². The van der Waals surface area contributed by atoms with Crippen LogP contribution in [0.2, 0.25) is 0 Å². The fraction of sp³-hybridized carbons (Fsp3) is 0.400. The minimum absolute atomic E-state index is 0.00828. The first kappa shape index (κ1) is 17.2. The van der Waals surface area contributed by atoms with E-state index in [0.29, 0.717) is 0 Å². The second kappa shape index (κ2) is 6.27. The summed E-state index contributed by atoms with van der Waals surface area (Å²) in [4.78, 5) is -0.712. The second-order valence-electron chi connectivity index (χ2n) is 3.93. The zero-order chi connectivity index (χ0) is 15.6. The van der Waals surface area contributed by atoms with Gasteiger partial charge in [0, 0.05) is 18.7 Å². The molecule has 0 amide bonds. The average Bonchev–Trinajstić information content (AvgIpc) is 2.28. The van der Waals surface area contributed by atoms with Crippen molar-refractivity contribution < 1.29 is 26.0 Å². The number of nitrogen functional groups attached to an aromatic ring is 1. The van der Waals surface area contributed by atoms with Crippen LogP contribution in [0.25, 0.3) is 0 Å². The quantitative estimate of drug-likeness (QED) is 0.470. The van der Waals surface area contributed by atoms with E-state index in [1.54, 1.807) is 0 Å². The normalized spacial score (nSPS) is 12.7. The first-order valence-electron chi connectivity index (χ1n) is 5.34. The summed E-state index contributed by atoms with van der Waals surface area (Å²) in [5.41, 5.74) is 5.41. The number of nitrogens with one attached hydrogen (secondary N) is 1. The van der Waals surface area contributed by atoms with Crippen molar-refractivity contribution in [3.8, 4) is 0 Å². The summed E-state index contributed by atoms with van der Waals surface area (Å²) in [5, 5.41) is 0. The molecular formula is C10H11BrF4N2O2S. The van der Waals surface area contributed by atoms with Gasteiger partial charge in [-0.1, -0.05) is 0 Å². The van der Waals surface area contributed by atoms with Gasteiger partial charge in [-0.25, -0.2) is 17.5 Å². The molecule has 0 radical (unpaired) electrons. The molecule has 0 aliphatic heterocycles. The molecule has 0 saturated carbocycles. The molecule has 0 fully saturated rings. The van der Waals surface area contributed by atoms with Crippen molar-refractivity contribution in [3.05, 3.63) is 22.4 Å². The minimum Gasteiger partial charge on any atom is -0.399 e. The van der Waals surface area contributed by atoms with Crippen LogP contribution in [0.1, 0.15) is 12.8 Å². The number of anilines is 1. The maximum Gasteiger partial charge on any atom is 0.389 e. The highest BCUT2D eigenvalue weighted by molar-refractivity contribution is 9.10. The van der Waals surface area contributed by atoms with Crippen LogP contribution in [0, 0.1) is 5.82 Å². The molecule has 0 aliphatic rings. The molecule has 0 aromatic heterocycles. The van der Waals surface area contributed by atoms with E-state index in [1.165, 1.54) is 6.07 Å². The fourth-order valence-corrected chi connectivity index (χ4v) is 3.17. The van der Waals surface area contributed by atoms with E-state index in [-0.39, 0.29) is 10.2 Å². The van der Waals surface area contributed by atoms with Crippen molar-refractivity contribution in [2.45, 2.75) is 23.9 Å². The third-order valence-corrected chi connectivity index (χ3v) is 4.27. The zero-order valence-corrected chi connectivity index (χ0v) is 12.4. The Hall–Kier alpha value is -0.870. The van der Waals surface area contributed by atoms with Crippen LogP contribution in [-0.4, -0.2) is 21.1 Å². The largest absolute Gasteiger partial charge is 0.399 e. The molecule has 0 spiro atoms. The lowest BCUT2D eigenvalue weighted by atomic mass is 10.3. The van der Waals surface area contributed by atoms with Crippen molar-refractivity contribution >= 4 is 31.6 Å². The van der Waals surface area contributed by atoms with E-state index < -0.39 is 46.3 Å². The first-order valence-corrected chi connectivity index (χ1v) is 7.61. The topological polar surface area (TPSA) is 72.2 Å². The smallest absolute Gasteiger partial charge is 0.389 e. The van der Waals surface area contributed by atoms with Gasteiger partial charge in [-0.15, -0.1) is 0 Å². The Labute approximate surface area is 121 Å². The highest BCUT2D eigenvalue weighted by atomic mass is 79.9. The first-order chi connectivity index (χ1) is 9.03. The SMILES string of the molecule is Nc1cc(Br)c(F)c(S(=O)(=O)NCCCC(F)(F)F)c1. The van der Waals surface area contributed by atoms with Crippen molar-refractivity contribution in [2.75, 3.05) is 12.3 Å². The Balaban J connectivity index is 2.80. The van der Waals surface area contributed by atoms with E-state index in [0.717, 1.165) is 6.07 Å². The zero-order valence-electron chi connectivity index (χ0n) is 9.97. The third kappa shape index (κ3) is 4.91. The van der Waals surface area contributed by atoms with Crippen LogP contribution >= 0.6 is 15.9 Å². The summed E-state index contributed by atoms with van der Waals surface area (Å²) in [6.45, 7) is -0.451.